The van der Waals surface area contributed by atoms with E-state index in [2.05, 4.69) is 12.2 Å². The van der Waals surface area contributed by atoms with Gasteiger partial charge in [0.2, 0.25) is 5.91 Å². The Labute approximate surface area is 128 Å². The van der Waals surface area contributed by atoms with Crippen molar-refractivity contribution in [1.82, 2.24) is 5.32 Å². The van der Waals surface area contributed by atoms with Crippen molar-refractivity contribution >= 4 is 5.91 Å². The number of hydrogen-bond donors (Lipinski definition) is 1. The van der Waals surface area contributed by atoms with Crippen LogP contribution in [0.25, 0.3) is 0 Å². The number of fused-ring (bicyclic) bond motifs is 2. The topological polar surface area (TPSA) is 38.3 Å². The lowest BCUT2D eigenvalue weighted by molar-refractivity contribution is -0.176. The Kier molecular flexibility index (Phi) is 3.52. The van der Waals surface area contributed by atoms with Crippen molar-refractivity contribution in [1.29, 1.82) is 0 Å². The van der Waals surface area contributed by atoms with Gasteiger partial charge in [-0.05, 0) is 63.2 Å². The maximum atomic E-state index is 12.4. The Morgan fingerprint density at radius 1 is 1.24 bits per heavy atom. The van der Waals surface area contributed by atoms with Gasteiger partial charge in [-0.25, -0.2) is 0 Å². The van der Waals surface area contributed by atoms with Crippen LogP contribution in [0, 0.1) is 23.2 Å². The van der Waals surface area contributed by atoms with E-state index in [1.54, 1.807) is 0 Å². The van der Waals surface area contributed by atoms with E-state index in [0.717, 1.165) is 31.3 Å². The standard InChI is InChI=1S/C18H29NO2/c1-2-21-16-11-15(18(16)6-3-7-18)19-17(20)10-14-9-12-4-5-13(14)8-12/h12-16H,2-11H2,1H3,(H,19,20)/t12-,13-,14+,15+,16+/m0/s1. The zero-order chi connectivity index (χ0) is 14.4. The summed E-state index contributed by atoms with van der Waals surface area (Å²) >= 11 is 0. The predicted octanol–water partition coefficient (Wildman–Crippen LogP) is 3.28. The summed E-state index contributed by atoms with van der Waals surface area (Å²) in [6.07, 6.45) is 11.5. The molecule has 4 aliphatic rings. The fourth-order valence-corrected chi connectivity index (χ4v) is 5.76. The van der Waals surface area contributed by atoms with Crippen molar-refractivity contribution < 1.29 is 9.53 Å². The van der Waals surface area contributed by atoms with Gasteiger partial charge < -0.3 is 10.1 Å². The van der Waals surface area contributed by atoms with E-state index in [4.69, 9.17) is 4.74 Å². The quantitative estimate of drug-likeness (QED) is 0.844. The third kappa shape index (κ3) is 2.23. The molecule has 0 aromatic heterocycles. The molecule has 0 aliphatic heterocycles. The average Bonchev–Trinajstić information content (AvgIpc) is 2.97. The molecule has 0 aromatic carbocycles. The molecule has 0 aromatic rings. The highest BCUT2D eigenvalue weighted by Gasteiger charge is 2.59. The number of rotatable bonds is 5. The Morgan fingerprint density at radius 3 is 2.67 bits per heavy atom. The highest BCUT2D eigenvalue weighted by Crippen LogP contribution is 2.57. The normalized spacial score (nSPS) is 42.6. The first-order valence-electron chi connectivity index (χ1n) is 9.12. The molecule has 1 spiro atoms. The van der Waals surface area contributed by atoms with E-state index in [1.807, 2.05) is 0 Å². The number of carbonyl (C=O) groups is 1. The monoisotopic (exact) mass is 291 g/mol. The van der Waals surface area contributed by atoms with Gasteiger partial charge in [0.05, 0.1) is 6.10 Å². The largest absolute Gasteiger partial charge is 0.378 e. The first-order chi connectivity index (χ1) is 10.2. The van der Waals surface area contributed by atoms with Crippen molar-refractivity contribution in [3.05, 3.63) is 0 Å². The van der Waals surface area contributed by atoms with Gasteiger partial charge in [-0.1, -0.05) is 12.8 Å². The minimum absolute atomic E-state index is 0.306. The maximum absolute atomic E-state index is 12.4. The molecule has 4 fully saturated rings. The minimum atomic E-state index is 0.306. The van der Waals surface area contributed by atoms with Crippen molar-refractivity contribution in [2.24, 2.45) is 23.2 Å². The number of ether oxygens (including phenoxy) is 1. The molecule has 2 bridgehead atoms. The third-order valence-electron chi connectivity index (χ3n) is 7.10. The lowest BCUT2D eigenvalue weighted by atomic mass is 9.51. The number of hydrogen-bond acceptors (Lipinski definition) is 2. The van der Waals surface area contributed by atoms with Gasteiger partial charge in [-0.15, -0.1) is 0 Å². The zero-order valence-corrected chi connectivity index (χ0v) is 13.3. The Bertz CT molecular complexity index is 417. The molecule has 0 unspecified atom stereocenters. The second-order valence-corrected chi connectivity index (χ2v) is 8.03. The fraction of sp³-hybridized carbons (Fsp3) is 0.944. The molecule has 3 heteroatoms. The van der Waals surface area contributed by atoms with Gasteiger partial charge >= 0.3 is 0 Å². The summed E-state index contributed by atoms with van der Waals surface area (Å²) in [4.78, 5) is 12.4. The summed E-state index contributed by atoms with van der Waals surface area (Å²) in [6, 6.07) is 0.397. The van der Waals surface area contributed by atoms with Crippen molar-refractivity contribution in [2.45, 2.75) is 76.9 Å². The second kappa shape index (κ2) is 5.26. The average molecular weight is 291 g/mol. The van der Waals surface area contributed by atoms with Crippen LogP contribution in [0.4, 0.5) is 0 Å². The van der Waals surface area contributed by atoms with E-state index in [1.165, 1.54) is 44.9 Å². The second-order valence-electron chi connectivity index (χ2n) is 8.03. The van der Waals surface area contributed by atoms with Crippen LogP contribution in [0.3, 0.4) is 0 Å². The van der Waals surface area contributed by atoms with E-state index < -0.39 is 0 Å². The maximum Gasteiger partial charge on any atom is 0.220 e. The highest BCUT2D eigenvalue weighted by molar-refractivity contribution is 5.77. The summed E-state index contributed by atoms with van der Waals surface area (Å²) in [5.41, 5.74) is 0.306. The predicted molar refractivity (Wildman–Crippen MR) is 81.8 cm³/mol. The van der Waals surface area contributed by atoms with Crippen molar-refractivity contribution in [3.8, 4) is 0 Å². The molecule has 0 radical (unpaired) electrons. The van der Waals surface area contributed by atoms with Gasteiger partial charge in [0, 0.05) is 24.5 Å². The Balaban J connectivity index is 1.29. The third-order valence-corrected chi connectivity index (χ3v) is 7.10. The first-order valence-corrected chi connectivity index (χ1v) is 9.12. The molecule has 4 saturated carbocycles. The van der Waals surface area contributed by atoms with Crippen LogP contribution >= 0.6 is 0 Å². The van der Waals surface area contributed by atoms with Gasteiger partial charge in [0.25, 0.3) is 0 Å². The fourth-order valence-electron chi connectivity index (χ4n) is 5.76. The van der Waals surface area contributed by atoms with E-state index in [9.17, 15) is 4.79 Å². The van der Waals surface area contributed by atoms with Crippen molar-refractivity contribution in [2.75, 3.05) is 6.61 Å². The molecule has 5 atom stereocenters. The van der Waals surface area contributed by atoms with Gasteiger partial charge in [0.15, 0.2) is 0 Å². The molecule has 4 rings (SSSR count). The van der Waals surface area contributed by atoms with Crippen LogP contribution < -0.4 is 5.32 Å². The molecular weight excluding hydrogens is 262 g/mol. The van der Waals surface area contributed by atoms with Crippen molar-refractivity contribution in [3.63, 3.8) is 0 Å². The molecule has 1 N–H and O–H groups in total. The number of amides is 1. The van der Waals surface area contributed by atoms with Crippen LogP contribution in [-0.2, 0) is 9.53 Å². The van der Waals surface area contributed by atoms with Crippen LogP contribution in [-0.4, -0.2) is 24.7 Å². The van der Waals surface area contributed by atoms with Gasteiger partial charge in [-0.2, -0.15) is 0 Å². The molecule has 3 nitrogen and oxygen atoms in total. The van der Waals surface area contributed by atoms with Gasteiger partial charge in [0.1, 0.15) is 0 Å². The SMILES string of the molecule is CCO[C@@H]1C[C@@H](NC(=O)C[C@H]2C[C@H]3CC[C@H]2C3)C12CCC2. The van der Waals surface area contributed by atoms with Crippen LogP contribution in [0.1, 0.15) is 64.7 Å². The lowest BCUT2D eigenvalue weighted by Crippen LogP contribution is -2.67. The van der Waals surface area contributed by atoms with Gasteiger partial charge in [-0.3, -0.25) is 4.79 Å². The summed E-state index contributed by atoms with van der Waals surface area (Å²) in [5, 5.41) is 3.36. The summed E-state index contributed by atoms with van der Waals surface area (Å²) in [6.45, 7) is 2.88. The first kappa shape index (κ1) is 14.0. The molecule has 1 amide bonds. The lowest BCUT2D eigenvalue weighted by Gasteiger charge is -2.61. The van der Waals surface area contributed by atoms with E-state index in [0.29, 0.717) is 29.4 Å². The summed E-state index contributed by atoms with van der Waals surface area (Å²) < 4.78 is 5.87. The Morgan fingerprint density at radius 2 is 2.10 bits per heavy atom. The number of nitrogens with one attached hydrogen (secondary N) is 1. The molecule has 21 heavy (non-hydrogen) atoms. The highest BCUT2D eigenvalue weighted by atomic mass is 16.5. The molecule has 4 aliphatic carbocycles. The summed E-state index contributed by atoms with van der Waals surface area (Å²) in [5.74, 6) is 2.80. The molecule has 0 saturated heterocycles. The molecule has 118 valence electrons. The Hall–Kier alpha value is -0.570. The van der Waals surface area contributed by atoms with E-state index in [-0.39, 0.29) is 0 Å². The molecule has 0 heterocycles. The minimum Gasteiger partial charge on any atom is -0.378 e. The van der Waals surface area contributed by atoms with E-state index >= 15 is 0 Å². The molecular formula is C18H29NO2. The number of carbonyl (C=O) groups excluding carboxylic acids is 1. The van der Waals surface area contributed by atoms with Crippen LogP contribution in [0.15, 0.2) is 0 Å². The zero-order valence-electron chi connectivity index (χ0n) is 13.3. The smallest absolute Gasteiger partial charge is 0.220 e. The summed E-state index contributed by atoms with van der Waals surface area (Å²) in [7, 11) is 0. The van der Waals surface area contributed by atoms with Crippen LogP contribution in [0.5, 0.6) is 0 Å². The van der Waals surface area contributed by atoms with Crippen LogP contribution in [0.2, 0.25) is 0 Å².